The highest BCUT2D eigenvalue weighted by atomic mass is 35.5. The van der Waals surface area contributed by atoms with E-state index in [1.54, 1.807) is 11.4 Å². The molecule has 0 bridgehead atoms. The van der Waals surface area contributed by atoms with Crippen molar-refractivity contribution in [1.29, 1.82) is 0 Å². The van der Waals surface area contributed by atoms with Crippen LogP contribution in [0.2, 0.25) is 5.02 Å². The maximum atomic E-state index is 12.0. The topological polar surface area (TPSA) is 51.2 Å². The molecular formula is C17H21ClN2O2S. The maximum Gasteiger partial charge on any atom is 0.270 e. The molecule has 1 heterocycles. The first kappa shape index (κ1) is 17.8. The molecule has 0 radical (unpaired) electrons. The first-order chi connectivity index (χ1) is 11.0. The predicted octanol–water partition coefficient (Wildman–Crippen LogP) is 4.64. The lowest BCUT2D eigenvalue weighted by Gasteiger charge is -2.07. The summed E-state index contributed by atoms with van der Waals surface area (Å²) in [6, 6.07) is 5.53. The Bertz CT molecular complexity index is 670. The number of aromatic nitrogens is 1. The van der Waals surface area contributed by atoms with Gasteiger partial charge in [0.15, 0.2) is 0 Å². The molecule has 1 amide bonds. The summed E-state index contributed by atoms with van der Waals surface area (Å²) in [5.74, 6) is 0.995. The quantitative estimate of drug-likeness (QED) is 0.789. The third-order valence-corrected chi connectivity index (χ3v) is 4.24. The van der Waals surface area contributed by atoms with E-state index >= 15 is 0 Å². The van der Waals surface area contributed by atoms with Gasteiger partial charge in [-0.1, -0.05) is 32.4 Å². The molecule has 6 heteroatoms. The second-order valence-corrected chi connectivity index (χ2v) is 6.90. The van der Waals surface area contributed by atoms with Crippen LogP contribution in [0.3, 0.4) is 0 Å². The Kier molecular flexibility index (Phi) is 6.42. The van der Waals surface area contributed by atoms with E-state index in [-0.39, 0.29) is 5.91 Å². The second kappa shape index (κ2) is 8.31. The van der Waals surface area contributed by atoms with Crippen LogP contribution in [0.5, 0.6) is 5.75 Å². The lowest BCUT2D eigenvalue weighted by Crippen LogP contribution is -2.27. The Hall–Kier alpha value is -1.59. The van der Waals surface area contributed by atoms with E-state index in [4.69, 9.17) is 16.3 Å². The summed E-state index contributed by atoms with van der Waals surface area (Å²) in [6.07, 6.45) is 0.945. The minimum absolute atomic E-state index is 0.153. The Balaban J connectivity index is 2.12. The van der Waals surface area contributed by atoms with Gasteiger partial charge in [-0.25, -0.2) is 4.98 Å². The second-order valence-electron chi connectivity index (χ2n) is 5.63. The van der Waals surface area contributed by atoms with E-state index in [2.05, 4.69) is 31.1 Å². The maximum absolute atomic E-state index is 12.0. The number of benzene rings is 1. The number of hydrogen-bond acceptors (Lipinski definition) is 4. The molecule has 0 saturated carbocycles. The van der Waals surface area contributed by atoms with Gasteiger partial charge >= 0.3 is 0 Å². The van der Waals surface area contributed by atoms with Gasteiger partial charge in [0.25, 0.3) is 5.91 Å². The van der Waals surface area contributed by atoms with Crippen molar-refractivity contribution in [2.45, 2.75) is 27.2 Å². The molecule has 124 valence electrons. The van der Waals surface area contributed by atoms with Gasteiger partial charge in [0, 0.05) is 17.5 Å². The average Bonchev–Trinajstić information content (AvgIpc) is 3.00. The highest BCUT2D eigenvalue weighted by Crippen LogP contribution is 2.33. The molecule has 0 unspecified atom stereocenters. The zero-order valence-electron chi connectivity index (χ0n) is 13.6. The fourth-order valence-electron chi connectivity index (χ4n) is 1.87. The Labute approximate surface area is 145 Å². The number of rotatable bonds is 7. The third-order valence-electron chi connectivity index (χ3n) is 3.05. The number of carbonyl (C=O) groups excluding carboxylic acids is 1. The van der Waals surface area contributed by atoms with Crippen LogP contribution >= 0.6 is 22.9 Å². The molecule has 0 atom stereocenters. The summed E-state index contributed by atoms with van der Waals surface area (Å²) >= 11 is 7.73. The number of nitrogens with one attached hydrogen (secondary N) is 1. The molecule has 0 aliphatic heterocycles. The van der Waals surface area contributed by atoms with Crippen molar-refractivity contribution in [1.82, 2.24) is 10.3 Å². The molecule has 1 aromatic carbocycles. The van der Waals surface area contributed by atoms with Crippen molar-refractivity contribution in [3.63, 3.8) is 0 Å². The summed E-state index contributed by atoms with van der Waals surface area (Å²) in [5.41, 5.74) is 1.23. The summed E-state index contributed by atoms with van der Waals surface area (Å²) in [5, 5.41) is 5.91. The van der Waals surface area contributed by atoms with E-state index in [0.29, 0.717) is 29.8 Å². The fourth-order valence-corrected chi connectivity index (χ4v) is 3.02. The highest BCUT2D eigenvalue weighted by molar-refractivity contribution is 7.13. The van der Waals surface area contributed by atoms with Crippen LogP contribution in [0.15, 0.2) is 23.6 Å². The molecule has 0 saturated heterocycles. The number of nitrogens with zero attached hydrogens (tertiary/aromatic N) is 1. The average molecular weight is 353 g/mol. The van der Waals surface area contributed by atoms with Crippen molar-refractivity contribution < 1.29 is 9.53 Å². The lowest BCUT2D eigenvalue weighted by atomic mass is 10.2. The number of ether oxygens (including phenoxy) is 1. The van der Waals surface area contributed by atoms with Gasteiger partial charge in [0.1, 0.15) is 16.5 Å². The molecule has 0 spiro atoms. The highest BCUT2D eigenvalue weighted by Gasteiger charge is 2.14. The van der Waals surface area contributed by atoms with Crippen LogP contribution in [0.1, 0.15) is 37.7 Å². The SMILES string of the molecule is CCCOc1ccc(-c2nc(C(=O)NCC(C)C)cs2)c(Cl)c1. The smallest absolute Gasteiger partial charge is 0.270 e. The van der Waals surface area contributed by atoms with E-state index in [1.807, 2.05) is 12.1 Å². The fraction of sp³-hybridized carbons (Fsp3) is 0.412. The van der Waals surface area contributed by atoms with E-state index in [0.717, 1.165) is 22.7 Å². The monoisotopic (exact) mass is 352 g/mol. The molecule has 1 N–H and O–H groups in total. The molecule has 2 rings (SSSR count). The van der Waals surface area contributed by atoms with Crippen LogP contribution in [-0.2, 0) is 0 Å². The Morgan fingerprint density at radius 1 is 1.43 bits per heavy atom. The van der Waals surface area contributed by atoms with Gasteiger partial charge < -0.3 is 10.1 Å². The van der Waals surface area contributed by atoms with Crippen molar-refractivity contribution in [3.05, 3.63) is 34.3 Å². The number of thiazole rings is 1. The molecule has 4 nitrogen and oxygen atoms in total. The van der Waals surface area contributed by atoms with Gasteiger partial charge in [-0.05, 0) is 30.5 Å². The summed E-state index contributed by atoms with van der Waals surface area (Å²) in [7, 11) is 0. The first-order valence-corrected chi connectivity index (χ1v) is 8.93. The minimum atomic E-state index is -0.153. The molecule has 2 aromatic rings. The van der Waals surface area contributed by atoms with Crippen LogP contribution in [0, 0.1) is 5.92 Å². The molecule has 0 aliphatic rings. The lowest BCUT2D eigenvalue weighted by molar-refractivity contribution is 0.0945. The van der Waals surface area contributed by atoms with Crippen LogP contribution in [-0.4, -0.2) is 24.0 Å². The Morgan fingerprint density at radius 3 is 2.87 bits per heavy atom. The first-order valence-electron chi connectivity index (χ1n) is 7.67. The van der Waals surface area contributed by atoms with Crippen LogP contribution < -0.4 is 10.1 Å². The van der Waals surface area contributed by atoms with E-state index < -0.39 is 0 Å². The van der Waals surface area contributed by atoms with Crippen molar-refractivity contribution in [2.24, 2.45) is 5.92 Å². The molecule has 23 heavy (non-hydrogen) atoms. The van der Waals surface area contributed by atoms with Crippen molar-refractivity contribution >= 4 is 28.8 Å². The summed E-state index contributed by atoms with van der Waals surface area (Å²) in [4.78, 5) is 16.4. The van der Waals surface area contributed by atoms with Gasteiger partial charge in [-0.2, -0.15) is 0 Å². The summed E-state index contributed by atoms with van der Waals surface area (Å²) < 4.78 is 5.56. The molecule has 1 aromatic heterocycles. The number of hydrogen-bond donors (Lipinski definition) is 1. The van der Waals surface area contributed by atoms with Crippen LogP contribution in [0.25, 0.3) is 10.6 Å². The number of halogens is 1. The normalized spacial score (nSPS) is 10.8. The molecular weight excluding hydrogens is 332 g/mol. The van der Waals surface area contributed by atoms with Crippen molar-refractivity contribution in [2.75, 3.05) is 13.2 Å². The number of amides is 1. The molecule has 0 fully saturated rings. The summed E-state index contributed by atoms with van der Waals surface area (Å²) in [6.45, 7) is 7.45. The zero-order valence-corrected chi connectivity index (χ0v) is 15.1. The van der Waals surface area contributed by atoms with E-state index in [1.165, 1.54) is 11.3 Å². The number of carbonyl (C=O) groups is 1. The van der Waals surface area contributed by atoms with Crippen LogP contribution in [0.4, 0.5) is 0 Å². The molecule has 0 aliphatic carbocycles. The third kappa shape index (κ3) is 4.94. The zero-order chi connectivity index (χ0) is 16.8. The largest absolute Gasteiger partial charge is 0.494 e. The van der Waals surface area contributed by atoms with Crippen molar-refractivity contribution in [3.8, 4) is 16.3 Å². The Morgan fingerprint density at radius 2 is 2.22 bits per heavy atom. The predicted molar refractivity (Wildman–Crippen MR) is 95.5 cm³/mol. The van der Waals surface area contributed by atoms with Gasteiger partial charge in [0.05, 0.1) is 11.6 Å². The van der Waals surface area contributed by atoms with Gasteiger partial charge in [0.2, 0.25) is 0 Å². The van der Waals surface area contributed by atoms with Gasteiger partial charge in [-0.3, -0.25) is 4.79 Å². The standard InChI is InChI=1S/C17H21ClN2O2S/c1-4-7-22-12-5-6-13(14(18)8-12)17-20-15(10-23-17)16(21)19-9-11(2)3/h5-6,8,10-11H,4,7,9H2,1-3H3,(H,19,21). The van der Waals surface area contributed by atoms with Gasteiger partial charge in [-0.15, -0.1) is 11.3 Å². The minimum Gasteiger partial charge on any atom is -0.494 e. The van der Waals surface area contributed by atoms with E-state index in [9.17, 15) is 4.79 Å².